The first-order valence-electron chi connectivity index (χ1n) is 7.77. The van der Waals surface area contributed by atoms with Crippen molar-refractivity contribution in [2.24, 2.45) is 7.05 Å². The summed E-state index contributed by atoms with van der Waals surface area (Å²) >= 11 is 1.41. The summed E-state index contributed by atoms with van der Waals surface area (Å²) in [6.07, 6.45) is 1.77. The average Bonchev–Trinajstić information content (AvgIpc) is 3.21. The van der Waals surface area contributed by atoms with Crippen molar-refractivity contribution in [2.75, 3.05) is 18.5 Å². The van der Waals surface area contributed by atoms with Crippen LogP contribution in [0.1, 0.15) is 16.2 Å². The van der Waals surface area contributed by atoms with Gasteiger partial charge in [-0.15, -0.1) is 11.3 Å². The molecule has 1 aliphatic rings. The van der Waals surface area contributed by atoms with Crippen molar-refractivity contribution >= 4 is 22.9 Å². The molecule has 0 atom stereocenters. The molecule has 0 aliphatic carbocycles. The highest BCUT2D eigenvalue weighted by molar-refractivity contribution is 7.13. The number of amides is 1. The minimum absolute atomic E-state index is 0.254. The molecule has 1 aliphatic heterocycles. The maximum Gasteiger partial charge on any atom is 0.275 e. The quantitative estimate of drug-likeness (QED) is 0.781. The average molecular weight is 356 g/mol. The number of hydrogen-bond acceptors (Lipinski definition) is 6. The Morgan fingerprint density at radius 3 is 2.84 bits per heavy atom. The molecule has 0 spiro atoms. The fraction of sp³-hybridized carbons (Fsp3) is 0.235. The molecular formula is C17H16N4O3S. The third-order valence-corrected chi connectivity index (χ3v) is 4.68. The smallest absolute Gasteiger partial charge is 0.275 e. The Morgan fingerprint density at radius 1 is 1.28 bits per heavy atom. The van der Waals surface area contributed by atoms with E-state index in [-0.39, 0.29) is 5.91 Å². The highest BCUT2D eigenvalue weighted by Crippen LogP contribution is 2.35. The van der Waals surface area contributed by atoms with Crippen LogP contribution in [0.3, 0.4) is 0 Å². The predicted molar refractivity (Wildman–Crippen MR) is 94.4 cm³/mol. The molecule has 0 saturated carbocycles. The maximum atomic E-state index is 12.4. The zero-order valence-corrected chi connectivity index (χ0v) is 14.6. The van der Waals surface area contributed by atoms with Crippen molar-refractivity contribution in [3.8, 4) is 22.1 Å². The molecule has 128 valence electrons. The topological polar surface area (TPSA) is 78.3 Å². The first-order valence-corrected chi connectivity index (χ1v) is 8.65. The largest absolute Gasteiger partial charge is 0.486 e. The van der Waals surface area contributed by atoms with Gasteiger partial charge in [0.2, 0.25) is 0 Å². The number of nitrogens with zero attached hydrogens (tertiary/aromatic N) is 3. The first kappa shape index (κ1) is 15.6. The summed E-state index contributed by atoms with van der Waals surface area (Å²) in [6, 6.07) is 5.67. The number of carbonyl (C=O) groups is 1. The van der Waals surface area contributed by atoms with Crippen LogP contribution in [0.2, 0.25) is 0 Å². The van der Waals surface area contributed by atoms with Crippen LogP contribution in [0.5, 0.6) is 11.5 Å². The van der Waals surface area contributed by atoms with E-state index in [4.69, 9.17) is 9.47 Å². The standard InChI is InChI=1S/C17H16N4O3S/c1-10-12(8-21(2)20-10)18-16(22)13-9-25-17(19-13)11-3-4-14-15(7-11)24-6-5-23-14/h3-4,7-9H,5-6H2,1-2H3,(H,18,22). The molecule has 1 N–H and O–H groups in total. The fourth-order valence-electron chi connectivity index (χ4n) is 2.60. The van der Waals surface area contributed by atoms with Gasteiger partial charge in [0.1, 0.15) is 23.9 Å². The zero-order chi connectivity index (χ0) is 17.4. The van der Waals surface area contributed by atoms with Gasteiger partial charge in [0, 0.05) is 24.2 Å². The summed E-state index contributed by atoms with van der Waals surface area (Å²) in [7, 11) is 1.81. The highest BCUT2D eigenvalue weighted by atomic mass is 32.1. The lowest BCUT2D eigenvalue weighted by molar-refractivity contribution is 0.102. The third-order valence-electron chi connectivity index (χ3n) is 3.79. The van der Waals surface area contributed by atoms with Gasteiger partial charge in [-0.25, -0.2) is 4.98 Å². The molecule has 4 rings (SSSR count). The van der Waals surface area contributed by atoms with Crippen molar-refractivity contribution < 1.29 is 14.3 Å². The molecule has 8 heteroatoms. The second kappa shape index (κ2) is 6.21. The van der Waals surface area contributed by atoms with Gasteiger partial charge in [-0.3, -0.25) is 9.48 Å². The Hall–Kier alpha value is -2.87. The Kier molecular flexibility index (Phi) is 3.89. The van der Waals surface area contributed by atoms with Crippen molar-refractivity contribution in [2.45, 2.75) is 6.92 Å². The van der Waals surface area contributed by atoms with Gasteiger partial charge in [0.25, 0.3) is 5.91 Å². The number of aromatic nitrogens is 3. The normalized spacial score (nSPS) is 12.9. The van der Waals surface area contributed by atoms with E-state index in [0.29, 0.717) is 30.3 Å². The number of ether oxygens (including phenoxy) is 2. The van der Waals surface area contributed by atoms with Crippen molar-refractivity contribution in [3.05, 3.63) is 41.2 Å². The number of carbonyl (C=O) groups excluding carboxylic acids is 1. The number of hydrogen-bond donors (Lipinski definition) is 1. The van der Waals surface area contributed by atoms with E-state index in [2.05, 4.69) is 15.4 Å². The van der Waals surface area contributed by atoms with Crippen LogP contribution in [0.15, 0.2) is 29.8 Å². The summed E-state index contributed by atoms with van der Waals surface area (Å²) in [5.41, 5.74) is 2.71. The van der Waals surface area contributed by atoms with Crippen LogP contribution in [0, 0.1) is 6.92 Å². The number of rotatable bonds is 3. The van der Waals surface area contributed by atoms with Crippen molar-refractivity contribution in [3.63, 3.8) is 0 Å². The van der Waals surface area contributed by atoms with Crippen LogP contribution in [-0.4, -0.2) is 33.9 Å². The van der Waals surface area contributed by atoms with Gasteiger partial charge in [-0.2, -0.15) is 5.10 Å². The fourth-order valence-corrected chi connectivity index (χ4v) is 3.39. The molecule has 0 fully saturated rings. The zero-order valence-electron chi connectivity index (χ0n) is 13.8. The van der Waals surface area contributed by atoms with E-state index in [9.17, 15) is 4.79 Å². The number of fused-ring (bicyclic) bond motifs is 1. The van der Waals surface area contributed by atoms with E-state index < -0.39 is 0 Å². The monoisotopic (exact) mass is 356 g/mol. The first-order chi connectivity index (χ1) is 12.1. The molecule has 1 aromatic carbocycles. The molecule has 2 aromatic heterocycles. The lowest BCUT2D eigenvalue weighted by atomic mass is 10.2. The Labute approximate surface area is 148 Å². The SMILES string of the molecule is Cc1nn(C)cc1NC(=O)c1csc(-c2ccc3c(c2)OCCO3)n1. The summed E-state index contributed by atoms with van der Waals surface area (Å²) in [5, 5.41) is 9.55. The lowest BCUT2D eigenvalue weighted by Gasteiger charge is -2.18. The van der Waals surface area contributed by atoms with E-state index in [1.165, 1.54) is 11.3 Å². The molecule has 0 saturated heterocycles. The molecule has 3 aromatic rings. The molecular weight excluding hydrogens is 340 g/mol. The van der Waals surface area contributed by atoms with E-state index >= 15 is 0 Å². The van der Waals surface area contributed by atoms with Gasteiger partial charge >= 0.3 is 0 Å². The highest BCUT2D eigenvalue weighted by Gasteiger charge is 2.17. The van der Waals surface area contributed by atoms with Gasteiger partial charge in [0.15, 0.2) is 11.5 Å². The molecule has 0 unspecified atom stereocenters. The second-order valence-electron chi connectivity index (χ2n) is 5.65. The van der Waals surface area contributed by atoms with E-state index in [0.717, 1.165) is 22.0 Å². The Balaban J connectivity index is 1.55. The van der Waals surface area contributed by atoms with Crippen molar-refractivity contribution in [1.82, 2.24) is 14.8 Å². The van der Waals surface area contributed by atoms with Gasteiger partial charge in [-0.05, 0) is 25.1 Å². The van der Waals surface area contributed by atoms with Gasteiger partial charge in [-0.1, -0.05) is 0 Å². The van der Waals surface area contributed by atoms with E-state index in [1.807, 2.05) is 32.2 Å². The summed E-state index contributed by atoms with van der Waals surface area (Å²) in [4.78, 5) is 16.8. The van der Waals surface area contributed by atoms with Crippen LogP contribution in [-0.2, 0) is 7.05 Å². The molecule has 0 bridgehead atoms. The van der Waals surface area contributed by atoms with Gasteiger partial charge < -0.3 is 14.8 Å². The van der Waals surface area contributed by atoms with E-state index in [1.54, 1.807) is 16.3 Å². The number of benzene rings is 1. The predicted octanol–water partition coefficient (Wildman–Crippen LogP) is 2.88. The Bertz CT molecular complexity index is 947. The molecule has 3 heterocycles. The van der Waals surface area contributed by atoms with Crippen LogP contribution >= 0.6 is 11.3 Å². The summed E-state index contributed by atoms with van der Waals surface area (Å²) < 4.78 is 12.8. The molecule has 25 heavy (non-hydrogen) atoms. The third kappa shape index (κ3) is 3.08. The van der Waals surface area contributed by atoms with Crippen LogP contribution in [0.4, 0.5) is 5.69 Å². The van der Waals surface area contributed by atoms with Gasteiger partial charge in [0.05, 0.1) is 11.4 Å². The minimum atomic E-state index is -0.254. The lowest BCUT2D eigenvalue weighted by Crippen LogP contribution is -2.15. The number of anilines is 1. The molecule has 7 nitrogen and oxygen atoms in total. The molecule has 1 amide bonds. The molecule has 0 radical (unpaired) electrons. The Morgan fingerprint density at radius 2 is 2.08 bits per heavy atom. The van der Waals surface area contributed by atoms with Crippen LogP contribution < -0.4 is 14.8 Å². The summed E-state index contributed by atoms with van der Waals surface area (Å²) in [5.74, 6) is 1.18. The van der Waals surface area contributed by atoms with Crippen LogP contribution in [0.25, 0.3) is 10.6 Å². The second-order valence-corrected chi connectivity index (χ2v) is 6.51. The number of nitrogens with one attached hydrogen (secondary N) is 1. The summed E-state index contributed by atoms with van der Waals surface area (Å²) in [6.45, 7) is 2.94. The minimum Gasteiger partial charge on any atom is -0.486 e. The number of aryl methyl sites for hydroxylation is 2. The van der Waals surface area contributed by atoms with Crippen molar-refractivity contribution in [1.29, 1.82) is 0 Å². The maximum absolute atomic E-state index is 12.4. The number of thiazole rings is 1.